The molecular weight excluding hydrogens is 1810 g/mol. The van der Waals surface area contributed by atoms with Crippen LogP contribution in [0, 0.1) is 34.7 Å². The smallest absolute Gasteiger partial charge is 0.323 e. The number of H-pyrrole nitrogens is 1. The van der Waals surface area contributed by atoms with Crippen molar-refractivity contribution >= 4 is 140 Å². The zero-order chi connectivity index (χ0) is 101. The molecule has 3 aliphatic rings. The number of nitriles is 2. The number of aliphatic carboxylic acids is 1. The van der Waals surface area contributed by atoms with Gasteiger partial charge in [-0.2, -0.15) is 10.5 Å². The zero-order valence-electron chi connectivity index (χ0n) is 79.2. The molecule has 0 aliphatic carbocycles. The number of aromatic nitrogens is 2. The second kappa shape index (κ2) is 52.3. The highest BCUT2D eigenvalue weighted by Crippen LogP contribution is 2.29. The Morgan fingerprint density at radius 1 is 0.558 bits per heavy atom. The van der Waals surface area contributed by atoms with Gasteiger partial charge in [0.05, 0.1) is 31.4 Å². The van der Waals surface area contributed by atoms with Crippen LogP contribution in [0.15, 0.2) is 85.2 Å². The maximum absolute atomic E-state index is 16.0. The van der Waals surface area contributed by atoms with Gasteiger partial charge in [0.25, 0.3) is 0 Å². The van der Waals surface area contributed by atoms with E-state index in [1.165, 1.54) is 63.1 Å². The Kier molecular flexibility index (Phi) is 41.4. The van der Waals surface area contributed by atoms with Gasteiger partial charge in [-0.05, 0) is 105 Å². The molecule has 0 saturated carbocycles. The minimum Gasteiger partial charge on any atom is -0.508 e. The Hall–Kier alpha value is -14.1. The fourth-order valence-corrected chi connectivity index (χ4v) is 17.9. The monoisotopic (exact) mass is 1940 g/mol. The molecule has 8 rings (SSSR count). The molecule has 45 heteroatoms. The summed E-state index contributed by atoms with van der Waals surface area (Å²) in [6.07, 6.45) is 3.78. The molecule has 3 aromatic carbocycles. The van der Waals surface area contributed by atoms with Crippen LogP contribution in [0.3, 0.4) is 0 Å². The summed E-state index contributed by atoms with van der Waals surface area (Å²) in [5, 5.41) is 83.8. The fraction of sp³-hybridized carbons (Fsp3) is 0.548. The molecule has 5 heterocycles. The summed E-state index contributed by atoms with van der Waals surface area (Å²) in [5.74, 6) is -19.5. The number of unbranched alkanes of at least 4 members (excludes halogenated alkanes) is 2. The number of rotatable bonds is 28. The molecule has 0 spiro atoms. The number of nitrogens with two attached hydrogens (primary N) is 2. The van der Waals surface area contributed by atoms with Gasteiger partial charge in [-0.1, -0.05) is 116 Å². The molecule has 20 N–H and O–H groups in total. The van der Waals surface area contributed by atoms with Crippen molar-refractivity contribution in [2.45, 2.75) is 248 Å². The summed E-state index contributed by atoms with van der Waals surface area (Å²) in [6.45, 7) is 8.97. The average molecular weight is 1940 g/mol. The topological polar surface area (TPSA) is 649 Å². The van der Waals surface area contributed by atoms with Crippen LogP contribution in [0.5, 0.6) is 5.75 Å². The molecule has 3 saturated heterocycles. The predicted octanol–water partition coefficient (Wildman–Crippen LogP) is -2.01. The van der Waals surface area contributed by atoms with E-state index >= 15 is 33.6 Å². The van der Waals surface area contributed by atoms with E-state index in [0.29, 0.717) is 64.2 Å². The minimum atomic E-state index is -1.81. The van der Waals surface area contributed by atoms with Gasteiger partial charge in [-0.15, -0.1) is 11.8 Å². The Labute approximate surface area is 803 Å². The Morgan fingerprint density at radius 3 is 1.76 bits per heavy atom. The van der Waals surface area contributed by atoms with Crippen LogP contribution in [0.2, 0.25) is 0 Å². The number of carbonyl (C=O) groups is 18. The number of nitrogens with zero attached hydrogens (tertiary/aromatic N) is 8. The highest BCUT2D eigenvalue weighted by atomic mass is 32.2. The summed E-state index contributed by atoms with van der Waals surface area (Å²) in [5.41, 5.74) is 13.3. The molecule has 2 aromatic heterocycles. The summed E-state index contributed by atoms with van der Waals surface area (Å²) < 4.78 is 1.42. The van der Waals surface area contributed by atoms with Crippen LogP contribution in [0.25, 0.3) is 21.8 Å². The van der Waals surface area contributed by atoms with Crippen LogP contribution in [-0.4, -0.2) is 312 Å². The third-order valence-corrected chi connectivity index (χ3v) is 25.4. The third-order valence-electron chi connectivity index (χ3n) is 24.4. The van der Waals surface area contributed by atoms with Crippen molar-refractivity contribution in [3.63, 3.8) is 0 Å². The van der Waals surface area contributed by atoms with Crippen molar-refractivity contribution in [3.8, 4) is 18.1 Å². The van der Waals surface area contributed by atoms with Gasteiger partial charge in [0.2, 0.25) is 100 Å². The molecule has 3 fully saturated rings. The van der Waals surface area contributed by atoms with E-state index in [1.807, 2.05) is 13.8 Å². The Balaban J connectivity index is 1.23. The number of fused-ring (bicyclic) bond motifs is 4. The molecule has 0 radical (unpaired) electrons. The molecule has 17 amide bonds. The Bertz CT molecular complexity index is 5310. The van der Waals surface area contributed by atoms with Crippen molar-refractivity contribution in [2.24, 2.45) is 23.3 Å². The van der Waals surface area contributed by atoms with E-state index in [4.69, 9.17) is 11.5 Å². The van der Waals surface area contributed by atoms with Gasteiger partial charge in [0.1, 0.15) is 96.9 Å². The summed E-state index contributed by atoms with van der Waals surface area (Å²) in [6, 6.07) is -3.03. The third kappa shape index (κ3) is 30.7. The van der Waals surface area contributed by atoms with Crippen molar-refractivity contribution in [1.82, 2.24) is 97.9 Å². The van der Waals surface area contributed by atoms with E-state index in [-0.39, 0.29) is 76.1 Å². The average Bonchev–Trinajstić information content (AvgIpc) is 1.63. The lowest BCUT2D eigenvalue weighted by atomic mass is 9.99. The molecule has 44 nitrogen and oxygen atoms in total. The number of thioether (sulfide) groups is 1. The number of aliphatic hydroxyl groups excluding tert-OH is 1. The minimum absolute atomic E-state index is 0.0171. The first-order chi connectivity index (χ1) is 65.6. The summed E-state index contributed by atoms with van der Waals surface area (Å²) >= 11 is 0.772. The van der Waals surface area contributed by atoms with Crippen LogP contribution >= 0.6 is 11.8 Å². The van der Waals surface area contributed by atoms with E-state index in [1.54, 1.807) is 94.8 Å². The van der Waals surface area contributed by atoms with Gasteiger partial charge in [0.15, 0.2) is 12.4 Å². The first kappa shape index (κ1) is 109. The Morgan fingerprint density at radius 2 is 1.11 bits per heavy atom. The molecule has 5 aromatic rings. The lowest BCUT2D eigenvalue weighted by molar-refractivity contribution is -0.149. The number of para-hydroxylation sites is 2. The van der Waals surface area contributed by atoms with E-state index < -0.39 is 266 Å². The largest absolute Gasteiger partial charge is 0.508 e. The number of carboxylic acid groups (broad SMARTS) is 1. The molecule has 748 valence electrons. The lowest BCUT2D eigenvalue weighted by Crippen LogP contribution is -2.62. The number of nitrogens with one attached hydrogen (secondary N) is 13. The number of aliphatic hydroxyl groups is 1. The maximum atomic E-state index is 16.0. The number of carbonyl (C=O) groups excluding carboxylic acids is 17. The molecule has 138 heavy (non-hydrogen) atoms. The van der Waals surface area contributed by atoms with E-state index in [0.717, 1.165) is 36.3 Å². The number of hydrogen-bond donors (Lipinski definition) is 18. The van der Waals surface area contributed by atoms with Crippen LogP contribution in [0.4, 0.5) is 0 Å². The van der Waals surface area contributed by atoms with Crippen LogP contribution in [0.1, 0.15) is 149 Å². The fourth-order valence-electron chi connectivity index (χ4n) is 17.0. The van der Waals surface area contributed by atoms with Crippen molar-refractivity contribution in [2.75, 3.05) is 65.4 Å². The van der Waals surface area contributed by atoms with Crippen molar-refractivity contribution in [1.29, 1.82) is 10.5 Å². The number of carboxylic acids is 1. The molecule has 0 unspecified atom stereocenters. The van der Waals surface area contributed by atoms with Crippen LogP contribution < -0.4 is 75.3 Å². The van der Waals surface area contributed by atoms with Crippen LogP contribution in [-0.2, 0) is 112 Å². The number of phenols is 1. The number of hydrogen-bond acceptors (Lipinski definition) is 25. The SMILES string of the molecule is CCCC[C@H]1C(=O)N(C)[C@@H](CCCC)C(=O)N[C@@H](CC(C)C)C(=O)N[C@H](C(=O)NCC(N)=O)CSCC(=O)N[C@@H](Cc2ccc(O)cc2)C(=O)N(C)[C@@H](C)C(=O)N[C@@H](CC(N)=O)C(=O)N2CCC[C@H]2C(=O)N[C@@H](CNC#N)C(=O)N[C@@H](CC(C)C)C(=O)N2C[C@H](O)C[C@H]2C(=O)N[C@@H](Cc2c[nH]c3ccccc23)C(=O)N[C@@H](CCNC#N)C(=O)N[C@@H](Cc2cn(CC(=O)O)c3ccccc23)C(=O)N1C. The number of primary amides is 2. The number of benzene rings is 3. The molecule has 3 aliphatic heterocycles. The van der Waals surface area contributed by atoms with Crippen molar-refractivity contribution < 1.29 is 102 Å². The first-order valence-electron chi connectivity index (χ1n) is 46.2. The molecule has 15 atom stereocenters. The maximum Gasteiger partial charge on any atom is 0.323 e. The van der Waals surface area contributed by atoms with Gasteiger partial charge < -0.3 is 125 Å². The highest BCUT2D eigenvalue weighted by molar-refractivity contribution is 8.00. The van der Waals surface area contributed by atoms with E-state index in [9.17, 15) is 78.6 Å². The summed E-state index contributed by atoms with van der Waals surface area (Å²) in [7, 11) is 3.86. The van der Waals surface area contributed by atoms with Gasteiger partial charge >= 0.3 is 5.97 Å². The van der Waals surface area contributed by atoms with Crippen molar-refractivity contribution in [3.05, 3.63) is 102 Å². The van der Waals surface area contributed by atoms with Gasteiger partial charge in [0, 0.05) is 106 Å². The first-order valence-corrected chi connectivity index (χ1v) is 47.3. The van der Waals surface area contributed by atoms with Gasteiger partial charge in [-0.25, -0.2) is 0 Å². The zero-order valence-corrected chi connectivity index (χ0v) is 80.0. The normalized spacial score (nSPS) is 24.4. The number of phenolic OH excluding ortho intramolecular Hbond substituents is 1. The number of likely N-dealkylation sites (N-methyl/N-ethyl adjacent to an activating group) is 3. The second-order valence-electron chi connectivity index (χ2n) is 35.8. The summed E-state index contributed by atoms with van der Waals surface area (Å²) in [4.78, 5) is 272. The van der Waals surface area contributed by atoms with Gasteiger partial charge in [-0.3, -0.25) is 86.3 Å². The highest BCUT2D eigenvalue weighted by Gasteiger charge is 2.47. The quantitative estimate of drug-likeness (QED) is 0.0146. The molecular formula is C93H129N23O21S. The predicted molar refractivity (Wildman–Crippen MR) is 504 cm³/mol. The number of amides is 17. The number of aromatic amines is 1. The lowest BCUT2D eigenvalue weighted by Gasteiger charge is -2.36. The number of aromatic hydroxyl groups is 1. The van der Waals surface area contributed by atoms with E-state index in [2.05, 4.69) is 68.8 Å². The standard InChI is InChI=1S/C93H129N23O21S/c1-11-13-23-72-86(130)104-63(34-51(3)4)83(127)110-70(81(125)101-43-77(97)120)47-138-48-78(121)102-66(36-54-27-29-57(117)30-28-54)89(133)111(8)53(7)80(124)106-68(40-76(96)119)91(135)115-33-19-26-73(115)87(131)109-69(42-99-50-95)85(129)107-65(35-52(5)6)92(136)116-45-58(118)39-75(116)88(132)105-64(37-55-41-100-61-22-17-15-20-59(55)61)84(128)103-62(31-32-98-49-94)82(126)108-67(90(134)113(10)74(24-14-12-2)93(137)112(72)9)38-56-44-114(46-79(122)123)71-25-18-16-21-60(56)71/h15-18,20-22,25,27-30,41,44,51-53,58,62-70,72-75,98-100,117-118H,11-14,19,23-24,26,31-40,42-43,45-48H2,1-10H3,(H2,96,119)(H2,97,120)(H,101,125)(H,102,121)(H,103,128)(H,104,130)(H,105,132)(H,106,124)(H,107,129)(H,108,126)(H,109,131)(H,110,127)(H,122,123)/t53-,58+,62-,63-,64-,65-,66-,67-,68-,69-,70-,72-,73-,74-,75-/m0/s1. The molecule has 0 bridgehead atoms. The second-order valence-corrected chi connectivity index (χ2v) is 36.8.